The van der Waals surface area contributed by atoms with Crippen LogP contribution in [0.3, 0.4) is 0 Å². The van der Waals surface area contributed by atoms with Gasteiger partial charge in [0.2, 0.25) is 0 Å². The molecule has 0 bridgehead atoms. The first kappa shape index (κ1) is 16.0. The predicted molar refractivity (Wildman–Crippen MR) is 82.9 cm³/mol. The summed E-state index contributed by atoms with van der Waals surface area (Å²) < 4.78 is 6.03. The molecule has 0 aliphatic rings. The van der Waals surface area contributed by atoms with E-state index in [1.54, 1.807) is 0 Å². The smallest absolute Gasteiger partial charge is 0.122 e. The van der Waals surface area contributed by atoms with Gasteiger partial charge >= 0.3 is 0 Å². The largest absolute Gasteiger partial charge is 0.490 e. The van der Waals surface area contributed by atoms with E-state index in [1.807, 2.05) is 0 Å². The molecule has 108 valence electrons. The fraction of sp³-hybridized carbons (Fsp3) is 0.647. The Morgan fingerprint density at radius 3 is 2.58 bits per heavy atom. The first-order valence-corrected chi connectivity index (χ1v) is 7.44. The average molecular weight is 263 g/mol. The summed E-state index contributed by atoms with van der Waals surface area (Å²) in [5.74, 6) is 1.76. The minimum Gasteiger partial charge on any atom is -0.490 e. The van der Waals surface area contributed by atoms with Crippen LogP contribution in [-0.2, 0) is 0 Å². The molecule has 2 heteroatoms. The molecular formula is C17H29NO. The van der Waals surface area contributed by atoms with Gasteiger partial charge in [-0.05, 0) is 69.8 Å². The molecule has 0 amide bonds. The number of hydrogen-bond acceptors (Lipinski definition) is 2. The lowest BCUT2D eigenvalue weighted by Gasteiger charge is -2.17. The highest BCUT2D eigenvalue weighted by atomic mass is 16.5. The highest BCUT2D eigenvalue weighted by Crippen LogP contribution is 2.22. The van der Waals surface area contributed by atoms with E-state index in [4.69, 9.17) is 4.74 Å². The number of ether oxygens (including phenoxy) is 1. The van der Waals surface area contributed by atoms with Crippen molar-refractivity contribution in [2.45, 2.75) is 53.6 Å². The molecule has 1 unspecified atom stereocenters. The molecule has 0 saturated carbocycles. The van der Waals surface area contributed by atoms with Crippen molar-refractivity contribution in [3.8, 4) is 5.75 Å². The van der Waals surface area contributed by atoms with Gasteiger partial charge in [0.05, 0.1) is 6.10 Å². The fourth-order valence-corrected chi connectivity index (χ4v) is 2.03. The molecule has 0 saturated heterocycles. The molecule has 19 heavy (non-hydrogen) atoms. The highest BCUT2D eigenvalue weighted by molar-refractivity contribution is 5.38. The van der Waals surface area contributed by atoms with Crippen LogP contribution in [0, 0.1) is 19.8 Å². The van der Waals surface area contributed by atoms with Crippen LogP contribution in [0.5, 0.6) is 5.75 Å². The standard InChI is InChI=1S/C17H29NO/c1-13(2)12-18-11-7-9-15(4)19-17-10-6-8-14(3)16(17)5/h6,8,10,13,15,18H,7,9,11-12H2,1-5H3. The van der Waals surface area contributed by atoms with Gasteiger partial charge < -0.3 is 10.1 Å². The topological polar surface area (TPSA) is 21.3 Å². The van der Waals surface area contributed by atoms with Gasteiger partial charge in [0.1, 0.15) is 5.75 Å². The van der Waals surface area contributed by atoms with Gasteiger partial charge in [0, 0.05) is 0 Å². The third-order valence-electron chi connectivity index (χ3n) is 3.40. The summed E-state index contributed by atoms with van der Waals surface area (Å²) in [6, 6.07) is 6.26. The van der Waals surface area contributed by atoms with Crippen LogP contribution in [0.4, 0.5) is 0 Å². The molecular weight excluding hydrogens is 234 g/mol. The molecule has 2 nitrogen and oxygen atoms in total. The van der Waals surface area contributed by atoms with Gasteiger partial charge in [-0.1, -0.05) is 26.0 Å². The van der Waals surface area contributed by atoms with E-state index in [1.165, 1.54) is 17.5 Å². The third-order valence-corrected chi connectivity index (χ3v) is 3.40. The molecule has 1 rings (SSSR count). The molecule has 0 radical (unpaired) electrons. The summed E-state index contributed by atoms with van der Waals surface area (Å²) in [5.41, 5.74) is 2.55. The molecule has 1 atom stereocenters. The van der Waals surface area contributed by atoms with Crippen LogP contribution in [-0.4, -0.2) is 19.2 Å². The van der Waals surface area contributed by atoms with Gasteiger partial charge in [-0.3, -0.25) is 0 Å². The van der Waals surface area contributed by atoms with Gasteiger partial charge in [-0.2, -0.15) is 0 Å². The Balaban J connectivity index is 2.27. The third kappa shape index (κ3) is 6.11. The van der Waals surface area contributed by atoms with Gasteiger partial charge in [0.25, 0.3) is 0 Å². The summed E-state index contributed by atoms with van der Waals surface area (Å²) in [6.45, 7) is 13.1. The monoisotopic (exact) mass is 263 g/mol. The first-order valence-electron chi connectivity index (χ1n) is 7.44. The molecule has 1 aromatic rings. The van der Waals surface area contributed by atoms with Crippen LogP contribution < -0.4 is 10.1 Å². The van der Waals surface area contributed by atoms with Gasteiger partial charge in [-0.25, -0.2) is 0 Å². The second-order valence-electron chi connectivity index (χ2n) is 5.87. The predicted octanol–water partition coefficient (Wildman–Crippen LogP) is 4.10. The van der Waals surface area contributed by atoms with E-state index in [0.717, 1.165) is 31.2 Å². The summed E-state index contributed by atoms with van der Waals surface area (Å²) in [5, 5.41) is 3.47. The maximum atomic E-state index is 6.03. The Labute approximate surface area is 118 Å². The Hall–Kier alpha value is -1.02. The minimum atomic E-state index is 0.279. The van der Waals surface area contributed by atoms with Crippen molar-refractivity contribution >= 4 is 0 Å². The molecule has 0 spiro atoms. The number of benzene rings is 1. The summed E-state index contributed by atoms with van der Waals surface area (Å²) >= 11 is 0. The van der Waals surface area contributed by atoms with Crippen molar-refractivity contribution < 1.29 is 4.74 Å². The molecule has 0 heterocycles. The normalized spacial score (nSPS) is 12.7. The van der Waals surface area contributed by atoms with Crippen molar-refractivity contribution in [2.24, 2.45) is 5.92 Å². The lowest BCUT2D eigenvalue weighted by atomic mass is 10.1. The molecule has 0 aliphatic heterocycles. The van der Waals surface area contributed by atoms with Crippen LogP contribution in [0.2, 0.25) is 0 Å². The summed E-state index contributed by atoms with van der Waals surface area (Å²) in [6.07, 6.45) is 2.54. The molecule has 0 fully saturated rings. The maximum absolute atomic E-state index is 6.03. The lowest BCUT2D eigenvalue weighted by Crippen LogP contribution is -2.22. The van der Waals surface area contributed by atoms with Crippen molar-refractivity contribution in [1.82, 2.24) is 5.32 Å². The minimum absolute atomic E-state index is 0.279. The van der Waals surface area contributed by atoms with Crippen LogP contribution in [0.1, 0.15) is 44.7 Å². The zero-order valence-electron chi connectivity index (χ0n) is 13.1. The number of aryl methyl sites for hydroxylation is 1. The SMILES string of the molecule is Cc1cccc(OC(C)CCCNCC(C)C)c1C. The van der Waals surface area contributed by atoms with Crippen molar-refractivity contribution in [3.05, 3.63) is 29.3 Å². The van der Waals surface area contributed by atoms with Crippen LogP contribution in [0.25, 0.3) is 0 Å². The Morgan fingerprint density at radius 2 is 1.89 bits per heavy atom. The van der Waals surface area contributed by atoms with E-state index >= 15 is 0 Å². The summed E-state index contributed by atoms with van der Waals surface area (Å²) in [4.78, 5) is 0. The van der Waals surface area contributed by atoms with Gasteiger partial charge in [0.15, 0.2) is 0 Å². The molecule has 0 aromatic heterocycles. The summed E-state index contributed by atoms with van der Waals surface area (Å²) in [7, 11) is 0. The van der Waals surface area contributed by atoms with E-state index < -0.39 is 0 Å². The van der Waals surface area contributed by atoms with Gasteiger partial charge in [-0.15, -0.1) is 0 Å². The average Bonchev–Trinajstić information content (AvgIpc) is 2.34. The number of hydrogen-bond donors (Lipinski definition) is 1. The Morgan fingerprint density at radius 1 is 1.16 bits per heavy atom. The number of nitrogens with one attached hydrogen (secondary N) is 1. The second-order valence-corrected chi connectivity index (χ2v) is 5.87. The molecule has 0 aliphatic carbocycles. The Bertz CT molecular complexity index is 374. The second kappa shape index (κ2) is 8.21. The van der Waals surface area contributed by atoms with Crippen molar-refractivity contribution in [3.63, 3.8) is 0 Å². The van der Waals surface area contributed by atoms with E-state index in [0.29, 0.717) is 0 Å². The van der Waals surface area contributed by atoms with Crippen LogP contribution in [0.15, 0.2) is 18.2 Å². The molecule has 1 N–H and O–H groups in total. The fourth-order valence-electron chi connectivity index (χ4n) is 2.03. The lowest BCUT2D eigenvalue weighted by molar-refractivity contribution is 0.206. The maximum Gasteiger partial charge on any atom is 0.122 e. The van der Waals surface area contributed by atoms with Crippen molar-refractivity contribution in [1.29, 1.82) is 0 Å². The van der Waals surface area contributed by atoms with E-state index in [9.17, 15) is 0 Å². The van der Waals surface area contributed by atoms with Crippen molar-refractivity contribution in [2.75, 3.05) is 13.1 Å². The van der Waals surface area contributed by atoms with Crippen LogP contribution >= 0.6 is 0 Å². The highest BCUT2D eigenvalue weighted by Gasteiger charge is 2.07. The quantitative estimate of drug-likeness (QED) is 0.713. The Kier molecular flexibility index (Phi) is 6.93. The van der Waals surface area contributed by atoms with E-state index in [-0.39, 0.29) is 6.10 Å². The first-order chi connectivity index (χ1) is 9.00. The zero-order chi connectivity index (χ0) is 14.3. The van der Waals surface area contributed by atoms with E-state index in [2.05, 4.69) is 58.1 Å². The molecule has 1 aromatic carbocycles. The zero-order valence-corrected chi connectivity index (χ0v) is 13.1. The number of rotatable bonds is 8.